The molecule has 2 aromatic rings. The molecule has 7 nitrogen and oxygen atoms in total. The van der Waals surface area contributed by atoms with Gasteiger partial charge in [0, 0.05) is 35.8 Å². The molecule has 0 saturated heterocycles. The van der Waals surface area contributed by atoms with E-state index in [0.717, 1.165) is 11.1 Å². The Morgan fingerprint density at radius 1 is 1.14 bits per heavy atom. The molecule has 0 aliphatic heterocycles. The molecule has 7 heteroatoms. The average Bonchev–Trinajstić information content (AvgIpc) is 2.68. The number of nitrogens with zero attached hydrogens (tertiary/aromatic N) is 1. The maximum atomic E-state index is 12.9. The quantitative estimate of drug-likeness (QED) is 0.734. The van der Waals surface area contributed by atoms with Crippen molar-refractivity contribution in [2.75, 3.05) is 25.7 Å². The zero-order valence-electron chi connectivity index (χ0n) is 16.3. The number of rotatable bonds is 5. The lowest BCUT2D eigenvalue weighted by molar-refractivity contribution is 0.131. The van der Waals surface area contributed by atoms with Crippen molar-refractivity contribution in [3.8, 4) is 17.2 Å². The van der Waals surface area contributed by atoms with E-state index >= 15 is 0 Å². The van der Waals surface area contributed by atoms with Crippen LogP contribution >= 0.6 is 0 Å². The molecule has 3 N–H and O–H groups in total. The van der Waals surface area contributed by atoms with Crippen molar-refractivity contribution in [2.45, 2.75) is 31.9 Å². The van der Waals surface area contributed by atoms with E-state index in [-0.39, 0.29) is 11.8 Å². The highest BCUT2D eigenvalue weighted by molar-refractivity contribution is 5.93. The van der Waals surface area contributed by atoms with Crippen molar-refractivity contribution in [2.24, 2.45) is 0 Å². The van der Waals surface area contributed by atoms with Gasteiger partial charge in [-0.15, -0.1) is 0 Å². The fourth-order valence-electron chi connectivity index (χ4n) is 3.77. The van der Waals surface area contributed by atoms with Gasteiger partial charge < -0.3 is 25.0 Å². The second-order valence-corrected chi connectivity index (χ2v) is 6.70. The number of urea groups is 1. The zero-order valence-corrected chi connectivity index (χ0v) is 16.3. The van der Waals surface area contributed by atoms with E-state index in [1.807, 2.05) is 19.1 Å². The van der Waals surface area contributed by atoms with Gasteiger partial charge in [0.05, 0.1) is 26.4 Å². The lowest BCUT2D eigenvalue weighted by Crippen LogP contribution is -2.54. The molecule has 2 aromatic carbocycles. The second-order valence-electron chi connectivity index (χ2n) is 6.70. The van der Waals surface area contributed by atoms with Crippen LogP contribution in [0, 0.1) is 0 Å². The summed E-state index contributed by atoms with van der Waals surface area (Å²) in [6.45, 7) is 2.28. The van der Waals surface area contributed by atoms with Crippen molar-refractivity contribution in [3.63, 3.8) is 0 Å². The summed E-state index contributed by atoms with van der Waals surface area (Å²) in [6, 6.07) is 9.26. The van der Waals surface area contributed by atoms with Gasteiger partial charge in [0.1, 0.15) is 17.2 Å². The number of hydrogen-bond donors (Lipinski definition) is 3. The van der Waals surface area contributed by atoms with Gasteiger partial charge in [0.15, 0.2) is 0 Å². The number of aromatic hydroxyl groups is 1. The Kier molecular flexibility index (Phi) is 5.94. The second kappa shape index (κ2) is 8.39. The molecule has 28 heavy (non-hydrogen) atoms. The number of ether oxygens (including phenoxy) is 2. The molecule has 0 fully saturated rings. The Morgan fingerprint density at radius 2 is 1.79 bits per heavy atom. The highest BCUT2D eigenvalue weighted by atomic mass is 16.5. The number of aliphatic hydroxyl groups is 1. The maximum Gasteiger partial charge on any atom is 0.322 e. The number of carbonyl (C=O) groups is 1. The molecule has 1 aliphatic rings. The van der Waals surface area contributed by atoms with Crippen LogP contribution in [0.1, 0.15) is 18.1 Å². The first-order valence-electron chi connectivity index (χ1n) is 9.27. The Balaban J connectivity index is 2.06. The van der Waals surface area contributed by atoms with Crippen LogP contribution in [0.5, 0.6) is 17.2 Å². The van der Waals surface area contributed by atoms with Crippen LogP contribution in [0.4, 0.5) is 10.5 Å². The lowest BCUT2D eigenvalue weighted by Gasteiger charge is -2.39. The van der Waals surface area contributed by atoms with Gasteiger partial charge in [-0.25, -0.2) is 4.79 Å². The molecule has 0 bridgehead atoms. The van der Waals surface area contributed by atoms with Crippen molar-refractivity contribution in [1.82, 2.24) is 5.32 Å². The Morgan fingerprint density at radius 3 is 2.36 bits per heavy atom. The topological polar surface area (TPSA) is 91.3 Å². The summed E-state index contributed by atoms with van der Waals surface area (Å²) in [6.07, 6.45) is -0.0860. The molecule has 2 unspecified atom stereocenters. The van der Waals surface area contributed by atoms with Crippen LogP contribution in [0.3, 0.4) is 0 Å². The smallest absolute Gasteiger partial charge is 0.322 e. The van der Waals surface area contributed by atoms with E-state index < -0.39 is 12.1 Å². The molecule has 0 spiro atoms. The number of aliphatic hydroxyl groups excluding tert-OH is 1. The van der Waals surface area contributed by atoms with Crippen LogP contribution in [-0.4, -0.2) is 49.2 Å². The number of amides is 2. The predicted molar refractivity (Wildman–Crippen MR) is 106 cm³/mol. The summed E-state index contributed by atoms with van der Waals surface area (Å²) in [7, 11) is 3.19. The summed E-state index contributed by atoms with van der Waals surface area (Å²) in [5.41, 5.74) is 2.31. The van der Waals surface area contributed by atoms with Gasteiger partial charge >= 0.3 is 6.03 Å². The molecule has 2 amide bonds. The van der Waals surface area contributed by atoms with Gasteiger partial charge in [0.25, 0.3) is 0 Å². The SMILES string of the molecule is CCNC(=O)N(c1cccc(O)c1)C1Cc2c(OC)ccc(OC)c2CC1O. The number of carbonyl (C=O) groups excluding carboxylic acids is 1. The van der Waals surface area contributed by atoms with Gasteiger partial charge in [-0.3, -0.25) is 4.90 Å². The van der Waals surface area contributed by atoms with Crippen LogP contribution < -0.4 is 19.7 Å². The summed E-state index contributed by atoms with van der Waals surface area (Å²) in [4.78, 5) is 14.4. The minimum Gasteiger partial charge on any atom is -0.508 e. The third-order valence-electron chi connectivity index (χ3n) is 5.04. The molecule has 1 aliphatic carbocycles. The van der Waals surface area contributed by atoms with E-state index in [9.17, 15) is 15.0 Å². The van der Waals surface area contributed by atoms with Crippen molar-refractivity contribution < 1.29 is 24.5 Å². The van der Waals surface area contributed by atoms with Crippen LogP contribution in [0.15, 0.2) is 36.4 Å². The first-order chi connectivity index (χ1) is 13.5. The van der Waals surface area contributed by atoms with Crippen LogP contribution in [0.25, 0.3) is 0 Å². The predicted octanol–water partition coefficient (Wildman–Crippen LogP) is 2.47. The molecule has 0 radical (unpaired) electrons. The first kappa shape index (κ1) is 19.8. The van der Waals surface area contributed by atoms with E-state index in [4.69, 9.17) is 9.47 Å². The van der Waals surface area contributed by atoms with Crippen LogP contribution in [-0.2, 0) is 12.8 Å². The Hall–Kier alpha value is -2.93. The van der Waals surface area contributed by atoms with E-state index in [1.165, 1.54) is 11.0 Å². The summed E-state index contributed by atoms with van der Waals surface area (Å²) in [5, 5.41) is 23.6. The lowest BCUT2D eigenvalue weighted by atomic mass is 9.84. The number of methoxy groups -OCH3 is 2. The molecule has 150 valence electrons. The molecular formula is C21H26N2O5. The third-order valence-corrected chi connectivity index (χ3v) is 5.04. The number of phenolic OH excluding ortho intramolecular Hbond substituents is 1. The normalized spacial score (nSPS) is 18.1. The molecule has 2 atom stereocenters. The standard InChI is InChI=1S/C21H26N2O5/c1-4-22-21(26)23(13-6-5-7-14(24)10-13)17-11-15-16(12-18(17)25)20(28-3)9-8-19(15)27-2/h5-10,17-18,24-25H,4,11-12H2,1-3H3,(H,22,26). The highest BCUT2D eigenvalue weighted by Crippen LogP contribution is 2.38. The van der Waals surface area contributed by atoms with Gasteiger partial charge in [-0.05, 0) is 37.6 Å². The number of hydrogen-bond acceptors (Lipinski definition) is 5. The van der Waals surface area contributed by atoms with Crippen molar-refractivity contribution in [1.29, 1.82) is 0 Å². The maximum absolute atomic E-state index is 12.9. The van der Waals surface area contributed by atoms with Crippen LogP contribution in [0.2, 0.25) is 0 Å². The van der Waals surface area contributed by atoms with Gasteiger partial charge in [-0.1, -0.05) is 6.07 Å². The molecular weight excluding hydrogens is 360 g/mol. The minimum atomic E-state index is -0.807. The first-order valence-corrected chi connectivity index (χ1v) is 9.27. The van der Waals surface area contributed by atoms with Crippen molar-refractivity contribution >= 4 is 11.7 Å². The fourth-order valence-corrected chi connectivity index (χ4v) is 3.77. The zero-order chi connectivity index (χ0) is 20.3. The van der Waals surface area contributed by atoms with E-state index in [2.05, 4.69) is 5.32 Å². The van der Waals surface area contributed by atoms with E-state index in [1.54, 1.807) is 32.4 Å². The van der Waals surface area contributed by atoms with Gasteiger partial charge in [0.2, 0.25) is 0 Å². The Bertz CT molecular complexity index is 855. The average molecular weight is 386 g/mol. The molecule has 3 rings (SSSR count). The number of phenols is 1. The number of anilines is 1. The largest absolute Gasteiger partial charge is 0.508 e. The third kappa shape index (κ3) is 3.71. The number of fused-ring (bicyclic) bond motifs is 1. The minimum absolute atomic E-state index is 0.0525. The number of nitrogens with one attached hydrogen (secondary N) is 1. The summed E-state index contributed by atoms with van der Waals surface area (Å²) < 4.78 is 11.0. The fraction of sp³-hybridized carbons (Fsp3) is 0.381. The molecule has 0 heterocycles. The summed E-state index contributed by atoms with van der Waals surface area (Å²) >= 11 is 0. The molecule has 0 aromatic heterocycles. The van der Waals surface area contributed by atoms with Crippen molar-refractivity contribution in [3.05, 3.63) is 47.5 Å². The summed E-state index contributed by atoms with van der Waals surface area (Å²) in [5.74, 6) is 1.44. The monoisotopic (exact) mass is 386 g/mol. The van der Waals surface area contributed by atoms with E-state index in [0.29, 0.717) is 36.6 Å². The Labute approximate surface area is 164 Å². The molecule has 0 saturated carbocycles. The highest BCUT2D eigenvalue weighted by Gasteiger charge is 2.37. The van der Waals surface area contributed by atoms with Gasteiger partial charge in [-0.2, -0.15) is 0 Å². The number of benzene rings is 2.